The van der Waals surface area contributed by atoms with Gasteiger partial charge in [-0.05, 0) is 37.3 Å². The van der Waals surface area contributed by atoms with E-state index in [1.165, 1.54) is 6.21 Å². The van der Waals surface area contributed by atoms with Crippen LogP contribution in [0.2, 0.25) is 5.02 Å². The smallest absolute Gasteiger partial charge is 0.272 e. The molecular formula is C16H14BrClN2O3. The summed E-state index contributed by atoms with van der Waals surface area (Å²) in [6.45, 7) is 2.26. The summed E-state index contributed by atoms with van der Waals surface area (Å²) in [5.41, 5.74) is 3.09. The van der Waals surface area contributed by atoms with Gasteiger partial charge in [0.1, 0.15) is 0 Å². The summed E-state index contributed by atoms with van der Waals surface area (Å²) < 4.78 is 6.02. The number of carbonyl (C=O) groups is 1. The summed E-state index contributed by atoms with van der Waals surface area (Å²) in [5, 5.41) is 14.2. The largest absolute Gasteiger partial charge is 0.504 e. The lowest BCUT2D eigenvalue weighted by Gasteiger charge is -2.07. The Labute approximate surface area is 147 Å². The molecule has 0 aromatic heterocycles. The second-order valence-electron chi connectivity index (χ2n) is 4.45. The molecule has 1 amide bonds. The van der Waals surface area contributed by atoms with Gasteiger partial charge in [-0.15, -0.1) is 0 Å². The van der Waals surface area contributed by atoms with Crippen molar-refractivity contribution in [1.29, 1.82) is 0 Å². The topological polar surface area (TPSA) is 70.9 Å². The Hall–Kier alpha value is -2.05. The lowest BCUT2D eigenvalue weighted by Crippen LogP contribution is -2.18. The third-order valence-corrected chi connectivity index (χ3v) is 3.70. The van der Waals surface area contributed by atoms with Crippen LogP contribution >= 0.6 is 27.5 Å². The zero-order valence-electron chi connectivity index (χ0n) is 12.2. The molecule has 2 aromatic rings. The van der Waals surface area contributed by atoms with Crippen LogP contribution in [0.25, 0.3) is 0 Å². The van der Waals surface area contributed by atoms with E-state index in [0.29, 0.717) is 28.5 Å². The number of para-hydroxylation sites is 1. The SMILES string of the molecule is CCOc1cccc(/C=N/NC(=O)c2cc(Br)ccc2Cl)c1O. The number of phenolic OH excluding ortho intramolecular Hbond substituents is 1. The predicted molar refractivity (Wildman–Crippen MR) is 93.5 cm³/mol. The van der Waals surface area contributed by atoms with Gasteiger partial charge in [0.05, 0.1) is 23.4 Å². The maximum atomic E-state index is 12.0. The average molecular weight is 398 g/mol. The van der Waals surface area contributed by atoms with Crippen molar-refractivity contribution >= 4 is 39.7 Å². The Morgan fingerprint density at radius 3 is 2.96 bits per heavy atom. The minimum absolute atomic E-state index is 0.0344. The monoisotopic (exact) mass is 396 g/mol. The van der Waals surface area contributed by atoms with Gasteiger partial charge in [-0.25, -0.2) is 5.43 Å². The molecule has 2 N–H and O–H groups in total. The number of carbonyl (C=O) groups excluding carboxylic acids is 1. The van der Waals surface area contributed by atoms with Crippen molar-refractivity contribution in [2.24, 2.45) is 5.10 Å². The number of rotatable bonds is 5. The van der Waals surface area contributed by atoms with Crippen LogP contribution < -0.4 is 10.2 Å². The summed E-state index contributed by atoms with van der Waals surface area (Å²) in [5.74, 6) is -0.126. The number of hydrogen-bond donors (Lipinski definition) is 2. The number of nitrogens with zero attached hydrogens (tertiary/aromatic N) is 1. The first-order valence-corrected chi connectivity index (χ1v) is 7.93. The molecule has 0 unspecified atom stereocenters. The number of nitrogens with one attached hydrogen (secondary N) is 1. The lowest BCUT2D eigenvalue weighted by atomic mass is 10.2. The molecule has 120 valence electrons. The second kappa shape index (κ2) is 7.99. The van der Waals surface area contributed by atoms with Crippen LogP contribution in [0.3, 0.4) is 0 Å². The number of amides is 1. The fourth-order valence-electron chi connectivity index (χ4n) is 1.81. The minimum Gasteiger partial charge on any atom is -0.504 e. The number of ether oxygens (including phenoxy) is 1. The lowest BCUT2D eigenvalue weighted by molar-refractivity contribution is 0.0955. The van der Waals surface area contributed by atoms with Crippen LogP contribution in [0.15, 0.2) is 46.0 Å². The highest BCUT2D eigenvalue weighted by atomic mass is 79.9. The van der Waals surface area contributed by atoms with Gasteiger partial charge < -0.3 is 9.84 Å². The number of hydrogen-bond acceptors (Lipinski definition) is 4. The van der Waals surface area contributed by atoms with Gasteiger partial charge in [0.15, 0.2) is 11.5 Å². The van der Waals surface area contributed by atoms with E-state index >= 15 is 0 Å². The van der Waals surface area contributed by atoms with Gasteiger partial charge in [-0.2, -0.15) is 5.10 Å². The van der Waals surface area contributed by atoms with Crippen LogP contribution in [0.5, 0.6) is 11.5 Å². The van der Waals surface area contributed by atoms with Gasteiger partial charge in [-0.1, -0.05) is 33.6 Å². The third-order valence-electron chi connectivity index (χ3n) is 2.87. The fourth-order valence-corrected chi connectivity index (χ4v) is 2.37. The molecule has 0 aliphatic carbocycles. The normalized spacial score (nSPS) is 10.7. The quantitative estimate of drug-likeness (QED) is 0.592. The Kier molecular flexibility index (Phi) is 6.01. The number of hydrazone groups is 1. The van der Waals surface area contributed by atoms with Crippen LogP contribution in [0.4, 0.5) is 0 Å². The molecule has 0 radical (unpaired) electrons. The van der Waals surface area contributed by atoms with Gasteiger partial charge in [0.2, 0.25) is 0 Å². The van der Waals surface area contributed by atoms with Crippen molar-refractivity contribution in [1.82, 2.24) is 5.43 Å². The first-order valence-electron chi connectivity index (χ1n) is 6.76. The highest BCUT2D eigenvalue weighted by Gasteiger charge is 2.10. The molecule has 5 nitrogen and oxygen atoms in total. The van der Waals surface area contributed by atoms with Crippen LogP contribution in [-0.2, 0) is 0 Å². The zero-order chi connectivity index (χ0) is 16.8. The third kappa shape index (κ3) is 4.46. The Balaban J connectivity index is 2.11. The van der Waals surface area contributed by atoms with Crippen molar-refractivity contribution in [3.05, 3.63) is 57.0 Å². The molecule has 0 bridgehead atoms. The molecule has 0 saturated carbocycles. The molecule has 2 rings (SSSR count). The zero-order valence-corrected chi connectivity index (χ0v) is 14.6. The van der Waals surface area contributed by atoms with E-state index in [2.05, 4.69) is 26.5 Å². The summed E-state index contributed by atoms with van der Waals surface area (Å²) in [7, 11) is 0. The standard InChI is InChI=1S/C16H14BrClN2O3/c1-2-23-14-5-3-4-10(15(14)21)9-19-20-16(22)12-8-11(17)6-7-13(12)18/h3-9,21H,2H2,1H3,(H,20,22)/b19-9+. The minimum atomic E-state index is -0.451. The number of benzene rings is 2. The summed E-state index contributed by atoms with van der Waals surface area (Å²) in [6.07, 6.45) is 1.33. The molecule has 0 saturated heterocycles. The van der Waals surface area contributed by atoms with E-state index < -0.39 is 5.91 Å². The molecular weight excluding hydrogens is 384 g/mol. The molecule has 23 heavy (non-hydrogen) atoms. The van der Waals surface area contributed by atoms with E-state index in [4.69, 9.17) is 16.3 Å². The number of aromatic hydroxyl groups is 1. The van der Waals surface area contributed by atoms with Gasteiger partial charge >= 0.3 is 0 Å². The Morgan fingerprint density at radius 1 is 1.43 bits per heavy atom. The van der Waals surface area contributed by atoms with Crippen molar-refractivity contribution in [3.8, 4) is 11.5 Å². The Bertz CT molecular complexity index is 750. The van der Waals surface area contributed by atoms with Crippen LogP contribution in [0, 0.1) is 0 Å². The maximum absolute atomic E-state index is 12.0. The Morgan fingerprint density at radius 2 is 2.22 bits per heavy atom. The molecule has 0 aliphatic heterocycles. The molecule has 0 fully saturated rings. The average Bonchev–Trinajstić information content (AvgIpc) is 2.53. The van der Waals surface area contributed by atoms with E-state index in [1.807, 2.05) is 6.92 Å². The second-order valence-corrected chi connectivity index (χ2v) is 5.77. The first kappa shape index (κ1) is 17.3. The summed E-state index contributed by atoms with van der Waals surface area (Å²) in [4.78, 5) is 12.0. The molecule has 2 aromatic carbocycles. The van der Waals surface area contributed by atoms with Gasteiger partial charge in [-0.3, -0.25) is 4.79 Å². The fraction of sp³-hybridized carbons (Fsp3) is 0.125. The van der Waals surface area contributed by atoms with Crippen molar-refractivity contribution in [2.75, 3.05) is 6.61 Å². The van der Waals surface area contributed by atoms with E-state index in [0.717, 1.165) is 4.47 Å². The highest BCUT2D eigenvalue weighted by molar-refractivity contribution is 9.10. The van der Waals surface area contributed by atoms with Crippen LogP contribution in [0.1, 0.15) is 22.8 Å². The molecule has 0 spiro atoms. The van der Waals surface area contributed by atoms with E-state index in [9.17, 15) is 9.90 Å². The predicted octanol–water partition coefficient (Wildman–Crippen LogP) is 3.97. The van der Waals surface area contributed by atoms with E-state index in [1.54, 1.807) is 36.4 Å². The maximum Gasteiger partial charge on any atom is 0.272 e. The number of halogens is 2. The van der Waals surface area contributed by atoms with Crippen molar-refractivity contribution in [3.63, 3.8) is 0 Å². The van der Waals surface area contributed by atoms with Crippen LogP contribution in [-0.4, -0.2) is 23.8 Å². The highest BCUT2D eigenvalue weighted by Crippen LogP contribution is 2.28. The number of phenols is 1. The van der Waals surface area contributed by atoms with Crippen molar-refractivity contribution < 1.29 is 14.6 Å². The summed E-state index contributed by atoms with van der Waals surface area (Å²) in [6, 6.07) is 9.97. The molecule has 0 heterocycles. The first-order chi connectivity index (χ1) is 11.0. The van der Waals surface area contributed by atoms with E-state index in [-0.39, 0.29) is 5.75 Å². The van der Waals surface area contributed by atoms with Gasteiger partial charge in [0.25, 0.3) is 5.91 Å². The summed E-state index contributed by atoms with van der Waals surface area (Å²) >= 11 is 9.26. The van der Waals surface area contributed by atoms with Gasteiger partial charge in [0, 0.05) is 10.0 Å². The molecule has 0 atom stereocenters. The van der Waals surface area contributed by atoms with Crippen molar-refractivity contribution in [2.45, 2.75) is 6.92 Å². The molecule has 0 aliphatic rings. The molecule has 7 heteroatoms.